The monoisotopic (exact) mass is 498 g/mol. The number of hydrogen-bond acceptors (Lipinski definition) is 6. The van der Waals surface area contributed by atoms with Crippen molar-refractivity contribution in [3.63, 3.8) is 0 Å². The van der Waals surface area contributed by atoms with Gasteiger partial charge >= 0.3 is 0 Å². The highest BCUT2D eigenvalue weighted by Crippen LogP contribution is 2.20. The summed E-state index contributed by atoms with van der Waals surface area (Å²) in [6.07, 6.45) is 3.52. The molecule has 0 heterocycles. The van der Waals surface area contributed by atoms with Crippen molar-refractivity contribution in [1.82, 2.24) is 21.7 Å². The maximum atomic E-state index is 12.6. The second kappa shape index (κ2) is 14.3. The molecule has 0 aliphatic rings. The molecule has 0 saturated heterocycles. The zero-order chi connectivity index (χ0) is 26.5. The van der Waals surface area contributed by atoms with Gasteiger partial charge in [-0.05, 0) is 49.9 Å². The third kappa shape index (κ3) is 8.30. The van der Waals surface area contributed by atoms with Gasteiger partial charge in [0.1, 0.15) is 11.5 Å². The first-order valence-electron chi connectivity index (χ1n) is 12.0. The molecule has 2 atom stereocenters. The Morgan fingerprint density at radius 3 is 1.56 bits per heavy atom. The summed E-state index contributed by atoms with van der Waals surface area (Å²) in [4.78, 5) is 49.6. The first kappa shape index (κ1) is 28.2. The number of phenolic OH excluding ortho intramolecular Hbond substituents is 2. The first-order valence-corrected chi connectivity index (χ1v) is 12.0. The Kier molecular flexibility index (Phi) is 11.2. The summed E-state index contributed by atoms with van der Waals surface area (Å²) in [5.74, 6) is -3.04. The highest BCUT2D eigenvalue weighted by atomic mass is 16.3. The van der Waals surface area contributed by atoms with Crippen molar-refractivity contribution >= 4 is 23.6 Å². The van der Waals surface area contributed by atoms with Gasteiger partial charge in [-0.25, -0.2) is 0 Å². The van der Waals surface area contributed by atoms with Crippen LogP contribution in [0.15, 0.2) is 48.5 Å². The van der Waals surface area contributed by atoms with Gasteiger partial charge in [0.25, 0.3) is 11.8 Å². The number of phenols is 2. The lowest BCUT2D eigenvalue weighted by Gasteiger charge is -2.19. The molecule has 2 rings (SSSR count). The summed E-state index contributed by atoms with van der Waals surface area (Å²) in [5, 5.41) is 19.5. The van der Waals surface area contributed by atoms with E-state index < -0.39 is 11.8 Å². The minimum Gasteiger partial charge on any atom is -0.507 e. The van der Waals surface area contributed by atoms with Crippen LogP contribution in [0.1, 0.15) is 73.1 Å². The number of nitrogens with one attached hydrogen (secondary N) is 4. The summed E-state index contributed by atoms with van der Waals surface area (Å²) in [6, 6.07) is 12.0. The zero-order valence-electron chi connectivity index (χ0n) is 20.5. The Morgan fingerprint density at radius 1 is 0.667 bits per heavy atom. The highest BCUT2D eigenvalue weighted by Gasteiger charge is 2.22. The molecule has 2 aromatic carbocycles. The first-order chi connectivity index (χ1) is 17.3. The Morgan fingerprint density at radius 2 is 1.11 bits per heavy atom. The number of carbonyl (C=O) groups excluding carboxylic acids is 4. The second-order valence-corrected chi connectivity index (χ2v) is 8.44. The maximum Gasteiger partial charge on any atom is 0.273 e. The summed E-state index contributed by atoms with van der Waals surface area (Å²) >= 11 is 0. The van der Waals surface area contributed by atoms with E-state index in [-0.39, 0.29) is 46.3 Å². The van der Waals surface area contributed by atoms with Gasteiger partial charge in [-0.3, -0.25) is 40.9 Å². The highest BCUT2D eigenvalue weighted by molar-refractivity contribution is 5.98. The number of hydrazine groups is 2. The third-order valence-corrected chi connectivity index (χ3v) is 5.87. The van der Waals surface area contributed by atoms with E-state index in [9.17, 15) is 29.4 Å². The molecule has 0 bridgehead atoms. The van der Waals surface area contributed by atoms with Crippen LogP contribution >= 0.6 is 0 Å². The van der Waals surface area contributed by atoms with Gasteiger partial charge in [-0.2, -0.15) is 0 Å². The van der Waals surface area contributed by atoms with Crippen molar-refractivity contribution < 1.29 is 29.4 Å². The van der Waals surface area contributed by atoms with Gasteiger partial charge in [0, 0.05) is 11.8 Å². The van der Waals surface area contributed by atoms with Crippen LogP contribution in [0, 0.1) is 11.8 Å². The fourth-order valence-electron chi connectivity index (χ4n) is 3.79. The minimum atomic E-state index is -0.623. The van der Waals surface area contributed by atoms with Crippen molar-refractivity contribution in [3.8, 4) is 11.5 Å². The topological polar surface area (TPSA) is 157 Å². The van der Waals surface area contributed by atoms with Crippen molar-refractivity contribution in [2.75, 3.05) is 0 Å². The third-order valence-electron chi connectivity index (χ3n) is 5.87. The summed E-state index contributed by atoms with van der Waals surface area (Å²) in [7, 11) is 0. The molecule has 10 heteroatoms. The van der Waals surface area contributed by atoms with Gasteiger partial charge in [-0.15, -0.1) is 0 Å². The van der Waals surface area contributed by atoms with Crippen LogP contribution < -0.4 is 21.7 Å². The fraction of sp³-hybridized carbons (Fsp3) is 0.385. The number of para-hydroxylation sites is 2. The molecule has 0 spiro atoms. The normalized spacial score (nSPS) is 12.2. The van der Waals surface area contributed by atoms with E-state index in [2.05, 4.69) is 21.7 Å². The summed E-state index contributed by atoms with van der Waals surface area (Å²) < 4.78 is 0. The van der Waals surface area contributed by atoms with E-state index >= 15 is 0 Å². The van der Waals surface area contributed by atoms with Crippen molar-refractivity contribution in [2.24, 2.45) is 11.8 Å². The van der Waals surface area contributed by atoms with Crippen LogP contribution in [-0.2, 0) is 9.59 Å². The molecule has 0 radical (unpaired) electrons. The van der Waals surface area contributed by atoms with Crippen LogP contribution in [0.3, 0.4) is 0 Å². The molecule has 0 saturated carbocycles. The molecule has 0 aliphatic carbocycles. The Labute approximate surface area is 210 Å². The second-order valence-electron chi connectivity index (χ2n) is 8.44. The number of hydrogen-bond donors (Lipinski definition) is 6. The standard InChI is InChI=1S/C26H34N4O6/c1-3-10-18(24(34)28-30-26(36)20-14-6-8-16-22(20)32)12-9-11-17(4-2)23(33)27-29-25(35)19-13-5-7-15-21(19)31/h5-8,13-18,31-32H,3-4,9-12H2,1-2H3,(H,27,33)(H,28,34)(H,29,35)(H,30,36). The Hall–Kier alpha value is -4.08. The van der Waals surface area contributed by atoms with Crippen LogP contribution in [-0.4, -0.2) is 33.8 Å². The number of carbonyl (C=O) groups is 4. The number of rotatable bonds is 11. The summed E-state index contributed by atoms with van der Waals surface area (Å²) in [5.41, 5.74) is 9.57. The molecule has 0 aliphatic heterocycles. The van der Waals surface area contributed by atoms with Crippen LogP contribution in [0.4, 0.5) is 0 Å². The Bertz CT molecular complexity index is 1060. The number of aromatic hydroxyl groups is 2. The zero-order valence-corrected chi connectivity index (χ0v) is 20.5. The summed E-state index contributed by atoms with van der Waals surface area (Å²) in [6.45, 7) is 3.82. The van der Waals surface area contributed by atoms with E-state index in [1.165, 1.54) is 24.3 Å². The molecule has 0 fully saturated rings. The molecule has 2 aromatic rings. The number of benzene rings is 2. The molecule has 4 amide bonds. The van der Waals surface area contributed by atoms with E-state index in [0.29, 0.717) is 32.1 Å². The van der Waals surface area contributed by atoms with Crippen LogP contribution in [0.2, 0.25) is 0 Å². The van der Waals surface area contributed by atoms with Gasteiger partial charge in [0.2, 0.25) is 11.8 Å². The van der Waals surface area contributed by atoms with Crippen LogP contribution in [0.5, 0.6) is 11.5 Å². The molecular weight excluding hydrogens is 464 g/mol. The molecule has 2 unspecified atom stereocenters. The van der Waals surface area contributed by atoms with E-state index in [1.807, 2.05) is 13.8 Å². The predicted molar refractivity (Wildman–Crippen MR) is 133 cm³/mol. The van der Waals surface area contributed by atoms with Crippen LogP contribution in [0.25, 0.3) is 0 Å². The SMILES string of the molecule is CCCC(CCCC(CC)C(=O)NNC(=O)c1ccccc1O)C(=O)NNC(=O)c1ccccc1O. The van der Waals surface area contributed by atoms with E-state index in [0.717, 1.165) is 6.42 Å². The lowest BCUT2D eigenvalue weighted by molar-refractivity contribution is -0.126. The Balaban J connectivity index is 1.82. The molecule has 10 nitrogen and oxygen atoms in total. The predicted octanol–water partition coefficient (Wildman–Crippen LogP) is 2.93. The van der Waals surface area contributed by atoms with Crippen molar-refractivity contribution in [1.29, 1.82) is 0 Å². The molecule has 194 valence electrons. The van der Waals surface area contributed by atoms with E-state index in [4.69, 9.17) is 0 Å². The quantitative estimate of drug-likeness (QED) is 0.262. The van der Waals surface area contributed by atoms with Gasteiger partial charge < -0.3 is 10.2 Å². The minimum absolute atomic E-state index is 0.0498. The molecule has 36 heavy (non-hydrogen) atoms. The molecular formula is C26H34N4O6. The van der Waals surface area contributed by atoms with Crippen molar-refractivity contribution in [3.05, 3.63) is 59.7 Å². The van der Waals surface area contributed by atoms with Gasteiger partial charge in [-0.1, -0.05) is 51.0 Å². The van der Waals surface area contributed by atoms with Crippen molar-refractivity contribution in [2.45, 2.75) is 52.4 Å². The largest absolute Gasteiger partial charge is 0.507 e. The lowest BCUT2D eigenvalue weighted by atomic mass is 9.92. The molecule has 6 N–H and O–H groups in total. The lowest BCUT2D eigenvalue weighted by Crippen LogP contribution is -2.45. The maximum absolute atomic E-state index is 12.6. The van der Waals surface area contributed by atoms with Gasteiger partial charge in [0.15, 0.2) is 0 Å². The average Bonchev–Trinajstić information content (AvgIpc) is 2.87. The molecule has 0 aromatic heterocycles. The smallest absolute Gasteiger partial charge is 0.273 e. The van der Waals surface area contributed by atoms with Gasteiger partial charge in [0.05, 0.1) is 11.1 Å². The van der Waals surface area contributed by atoms with E-state index in [1.54, 1.807) is 24.3 Å². The average molecular weight is 499 g/mol. The number of amides is 4. The fourth-order valence-corrected chi connectivity index (χ4v) is 3.79.